The van der Waals surface area contributed by atoms with Gasteiger partial charge in [0.1, 0.15) is 0 Å². The second kappa shape index (κ2) is 6.47. The zero-order valence-electron chi connectivity index (χ0n) is 12.2. The first-order valence-corrected chi connectivity index (χ1v) is 6.99. The Morgan fingerprint density at radius 3 is 2.52 bits per heavy atom. The van der Waals surface area contributed by atoms with E-state index < -0.39 is 11.9 Å². The molecule has 1 aliphatic rings. The zero-order valence-corrected chi connectivity index (χ0v) is 12.2. The number of amides is 1. The number of hydrogen-bond donors (Lipinski definition) is 1. The number of hydrogen-bond acceptors (Lipinski definition) is 4. The molecule has 0 saturated carbocycles. The van der Waals surface area contributed by atoms with E-state index in [1.165, 1.54) is 4.90 Å². The van der Waals surface area contributed by atoms with Gasteiger partial charge in [0.05, 0.1) is 19.1 Å². The number of anilines is 1. The normalized spacial score (nSPS) is 17.9. The molecule has 1 atom stereocenters. The Kier molecular flexibility index (Phi) is 4.67. The van der Waals surface area contributed by atoms with E-state index in [4.69, 9.17) is 14.6 Å². The Hall–Kier alpha value is -2.24. The zero-order chi connectivity index (χ0) is 15.4. The van der Waals surface area contributed by atoms with E-state index in [-0.39, 0.29) is 18.9 Å². The fraction of sp³-hybridized carbons (Fsp3) is 0.467. The van der Waals surface area contributed by atoms with Gasteiger partial charge >= 0.3 is 5.97 Å². The van der Waals surface area contributed by atoms with Crippen LogP contribution in [0.3, 0.4) is 0 Å². The van der Waals surface area contributed by atoms with E-state index in [0.29, 0.717) is 30.4 Å². The molecule has 6 heteroatoms. The first-order chi connectivity index (χ1) is 10.1. The molecule has 0 radical (unpaired) electrons. The highest BCUT2D eigenvalue weighted by atomic mass is 16.5. The average Bonchev–Trinajstić information content (AvgIpc) is 2.84. The van der Waals surface area contributed by atoms with Crippen LogP contribution in [0.15, 0.2) is 18.2 Å². The van der Waals surface area contributed by atoms with E-state index in [9.17, 15) is 9.59 Å². The summed E-state index contributed by atoms with van der Waals surface area (Å²) in [5.74, 6) is -0.608. The minimum absolute atomic E-state index is 0.0342. The number of carbonyl (C=O) groups is 2. The third-order valence-corrected chi connectivity index (χ3v) is 3.31. The predicted molar refractivity (Wildman–Crippen MR) is 76.9 cm³/mol. The molecular formula is C15H19NO5. The minimum atomic E-state index is -0.943. The maximum atomic E-state index is 12.0. The molecule has 1 unspecified atom stereocenters. The Bertz CT molecular complexity index is 543. The van der Waals surface area contributed by atoms with Crippen LogP contribution in [0.5, 0.6) is 11.5 Å². The Morgan fingerprint density at radius 2 is 1.95 bits per heavy atom. The van der Waals surface area contributed by atoms with Crippen LogP contribution in [0.25, 0.3) is 0 Å². The molecule has 1 aromatic rings. The minimum Gasteiger partial charge on any atom is -0.490 e. The van der Waals surface area contributed by atoms with E-state index in [0.717, 1.165) is 0 Å². The largest absolute Gasteiger partial charge is 0.490 e. The van der Waals surface area contributed by atoms with Gasteiger partial charge in [0.25, 0.3) is 0 Å². The summed E-state index contributed by atoms with van der Waals surface area (Å²) in [5.41, 5.74) is 0.635. The lowest BCUT2D eigenvalue weighted by Crippen LogP contribution is -2.25. The molecular weight excluding hydrogens is 274 g/mol. The smallest absolute Gasteiger partial charge is 0.308 e. The summed E-state index contributed by atoms with van der Waals surface area (Å²) in [5, 5.41) is 9.03. The highest BCUT2D eigenvalue weighted by Crippen LogP contribution is 2.34. The third-order valence-electron chi connectivity index (χ3n) is 3.31. The predicted octanol–water partition coefficient (Wildman–Crippen LogP) is 1.92. The maximum absolute atomic E-state index is 12.0. The van der Waals surface area contributed by atoms with Gasteiger partial charge in [-0.2, -0.15) is 0 Å². The Balaban J connectivity index is 2.26. The van der Waals surface area contributed by atoms with Crippen LogP contribution in [0.1, 0.15) is 20.3 Å². The summed E-state index contributed by atoms with van der Waals surface area (Å²) in [6, 6.07) is 5.21. The van der Waals surface area contributed by atoms with Crippen LogP contribution >= 0.6 is 0 Å². The van der Waals surface area contributed by atoms with Gasteiger partial charge in [-0.25, -0.2) is 0 Å². The molecule has 2 rings (SSSR count). The van der Waals surface area contributed by atoms with Crippen LogP contribution in [-0.2, 0) is 9.59 Å². The van der Waals surface area contributed by atoms with Crippen molar-refractivity contribution in [3.8, 4) is 11.5 Å². The number of carboxylic acid groups (broad SMARTS) is 1. The molecule has 1 N–H and O–H groups in total. The van der Waals surface area contributed by atoms with Crippen molar-refractivity contribution in [2.75, 3.05) is 24.7 Å². The molecule has 21 heavy (non-hydrogen) atoms. The first kappa shape index (κ1) is 15.2. The molecule has 1 amide bonds. The quantitative estimate of drug-likeness (QED) is 0.867. The Labute approximate surface area is 123 Å². The second-order valence-electron chi connectivity index (χ2n) is 4.74. The van der Waals surface area contributed by atoms with Crippen LogP contribution in [0.2, 0.25) is 0 Å². The van der Waals surface area contributed by atoms with Crippen molar-refractivity contribution in [3.05, 3.63) is 18.2 Å². The van der Waals surface area contributed by atoms with Crippen LogP contribution < -0.4 is 14.4 Å². The van der Waals surface area contributed by atoms with E-state index in [2.05, 4.69) is 0 Å². The van der Waals surface area contributed by atoms with Crippen molar-refractivity contribution in [2.24, 2.45) is 5.92 Å². The summed E-state index contributed by atoms with van der Waals surface area (Å²) < 4.78 is 11.0. The number of benzene rings is 1. The van der Waals surface area contributed by atoms with Crippen molar-refractivity contribution in [3.63, 3.8) is 0 Å². The molecule has 0 aliphatic carbocycles. The molecule has 0 bridgehead atoms. The summed E-state index contributed by atoms with van der Waals surface area (Å²) in [7, 11) is 0. The number of rotatable bonds is 6. The van der Waals surface area contributed by atoms with E-state index in [1.807, 2.05) is 13.8 Å². The number of aliphatic carboxylic acids is 1. The van der Waals surface area contributed by atoms with Gasteiger partial charge in [-0.3, -0.25) is 9.59 Å². The lowest BCUT2D eigenvalue weighted by Gasteiger charge is -2.19. The van der Waals surface area contributed by atoms with E-state index in [1.54, 1.807) is 18.2 Å². The number of carboxylic acids is 1. The average molecular weight is 293 g/mol. The lowest BCUT2D eigenvalue weighted by atomic mass is 10.1. The van der Waals surface area contributed by atoms with Crippen molar-refractivity contribution >= 4 is 17.6 Å². The van der Waals surface area contributed by atoms with Gasteiger partial charge in [-0.1, -0.05) is 0 Å². The third kappa shape index (κ3) is 3.26. The fourth-order valence-corrected chi connectivity index (χ4v) is 2.33. The summed E-state index contributed by atoms with van der Waals surface area (Å²) in [6.07, 6.45) is 0.0342. The second-order valence-corrected chi connectivity index (χ2v) is 4.74. The van der Waals surface area contributed by atoms with Crippen LogP contribution in [0.4, 0.5) is 5.69 Å². The van der Waals surface area contributed by atoms with Crippen molar-refractivity contribution in [1.82, 2.24) is 0 Å². The van der Waals surface area contributed by atoms with Crippen molar-refractivity contribution in [2.45, 2.75) is 20.3 Å². The van der Waals surface area contributed by atoms with Crippen molar-refractivity contribution < 1.29 is 24.2 Å². The highest BCUT2D eigenvalue weighted by Gasteiger charge is 2.35. The monoisotopic (exact) mass is 293 g/mol. The molecule has 1 fully saturated rings. The van der Waals surface area contributed by atoms with Gasteiger partial charge in [0.2, 0.25) is 5.91 Å². The number of carbonyl (C=O) groups excluding carboxylic acids is 1. The molecule has 0 aromatic heterocycles. The van der Waals surface area contributed by atoms with Crippen LogP contribution in [0, 0.1) is 5.92 Å². The van der Waals surface area contributed by atoms with Crippen molar-refractivity contribution in [1.29, 1.82) is 0 Å². The molecule has 0 spiro atoms. The van der Waals surface area contributed by atoms with Gasteiger partial charge in [-0.05, 0) is 26.0 Å². The lowest BCUT2D eigenvalue weighted by molar-refractivity contribution is -0.141. The number of nitrogens with zero attached hydrogens (tertiary/aromatic N) is 1. The fourth-order valence-electron chi connectivity index (χ4n) is 2.33. The maximum Gasteiger partial charge on any atom is 0.308 e. The van der Waals surface area contributed by atoms with Gasteiger partial charge in [0.15, 0.2) is 11.5 Å². The van der Waals surface area contributed by atoms with E-state index >= 15 is 0 Å². The summed E-state index contributed by atoms with van der Waals surface area (Å²) >= 11 is 0. The summed E-state index contributed by atoms with van der Waals surface area (Å²) in [4.78, 5) is 24.5. The highest BCUT2D eigenvalue weighted by molar-refractivity contribution is 5.99. The number of ether oxygens (including phenoxy) is 2. The first-order valence-electron chi connectivity index (χ1n) is 6.99. The molecule has 1 saturated heterocycles. The summed E-state index contributed by atoms with van der Waals surface area (Å²) in [6.45, 7) is 4.93. The Morgan fingerprint density at radius 1 is 1.29 bits per heavy atom. The molecule has 6 nitrogen and oxygen atoms in total. The topological polar surface area (TPSA) is 76.1 Å². The SMILES string of the molecule is CCOc1ccc(N2CC(C(=O)O)CC2=O)cc1OCC. The van der Waals surface area contributed by atoms with Gasteiger partial charge < -0.3 is 19.5 Å². The molecule has 114 valence electrons. The molecule has 1 heterocycles. The molecule has 1 aliphatic heterocycles. The van der Waals surface area contributed by atoms with Crippen LogP contribution in [-0.4, -0.2) is 36.7 Å². The van der Waals surface area contributed by atoms with Gasteiger partial charge in [0, 0.05) is 24.7 Å². The van der Waals surface area contributed by atoms with Gasteiger partial charge in [-0.15, -0.1) is 0 Å². The standard InChI is InChI=1S/C15H19NO5/c1-3-20-12-6-5-11(8-13(12)21-4-2)16-9-10(15(18)19)7-14(16)17/h5-6,8,10H,3-4,7,9H2,1-2H3,(H,18,19). The molecule has 1 aromatic carbocycles.